The first-order valence-corrected chi connectivity index (χ1v) is 6.50. The van der Waals surface area contributed by atoms with Crippen molar-refractivity contribution in [3.8, 4) is 0 Å². The van der Waals surface area contributed by atoms with Crippen LogP contribution in [0.5, 0.6) is 0 Å². The van der Waals surface area contributed by atoms with Crippen molar-refractivity contribution in [1.82, 2.24) is 5.32 Å². The normalized spacial score (nSPS) is 29.1. The summed E-state index contributed by atoms with van der Waals surface area (Å²) in [7, 11) is 3.39. The molecule has 0 aromatic carbocycles. The number of hydrogen-bond donors (Lipinski definition) is 1. The molecule has 3 nitrogen and oxygen atoms in total. The molecule has 0 spiro atoms. The van der Waals surface area contributed by atoms with Crippen LogP contribution in [-0.4, -0.2) is 32.6 Å². The Bertz CT molecular complexity index is 183. The van der Waals surface area contributed by atoms with E-state index in [-0.39, 0.29) is 12.3 Å². The first-order chi connectivity index (χ1) is 7.69. The molecule has 1 saturated carbocycles. The van der Waals surface area contributed by atoms with E-state index >= 15 is 0 Å². The van der Waals surface area contributed by atoms with E-state index in [1.807, 2.05) is 0 Å². The maximum atomic E-state index is 5.28. The van der Waals surface area contributed by atoms with E-state index < -0.39 is 0 Å². The van der Waals surface area contributed by atoms with Gasteiger partial charge >= 0.3 is 0 Å². The molecule has 1 rings (SSSR count). The van der Waals surface area contributed by atoms with Crippen molar-refractivity contribution < 1.29 is 9.47 Å². The lowest BCUT2D eigenvalue weighted by atomic mass is 9.96. The van der Waals surface area contributed by atoms with Gasteiger partial charge in [-0.1, -0.05) is 26.2 Å². The van der Waals surface area contributed by atoms with Crippen molar-refractivity contribution in [3.05, 3.63) is 0 Å². The molecule has 0 amide bonds. The van der Waals surface area contributed by atoms with Gasteiger partial charge in [0.25, 0.3) is 0 Å². The van der Waals surface area contributed by atoms with Crippen molar-refractivity contribution in [2.45, 2.75) is 64.3 Å². The maximum absolute atomic E-state index is 5.28. The zero-order chi connectivity index (χ0) is 12.0. The Labute approximate surface area is 99.9 Å². The zero-order valence-electron chi connectivity index (χ0n) is 11.2. The first-order valence-electron chi connectivity index (χ1n) is 6.50. The van der Waals surface area contributed by atoms with Gasteiger partial charge in [-0.25, -0.2) is 0 Å². The van der Waals surface area contributed by atoms with E-state index in [0.29, 0.717) is 6.04 Å². The second-order valence-electron chi connectivity index (χ2n) is 5.02. The highest BCUT2D eigenvalue weighted by Crippen LogP contribution is 2.23. The van der Waals surface area contributed by atoms with Gasteiger partial charge in [0.2, 0.25) is 0 Å². The van der Waals surface area contributed by atoms with Gasteiger partial charge in [-0.3, -0.25) is 0 Å². The van der Waals surface area contributed by atoms with Crippen LogP contribution in [-0.2, 0) is 9.47 Å². The second-order valence-corrected chi connectivity index (χ2v) is 5.02. The SMILES string of the molecule is COC(OC)C(C)NC1CCCCCC1C. The van der Waals surface area contributed by atoms with Gasteiger partial charge in [0, 0.05) is 20.3 Å². The van der Waals surface area contributed by atoms with Crippen LogP contribution < -0.4 is 5.32 Å². The number of nitrogens with one attached hydrogen (secondary N) is 1. The molecular formula is C13H27NO2. The highest BCUT2D eigenvalue weighted by molar-refractivity contribution is 4.80. The predicted octanol–water partition coefficient (Wildman–Crippen LogP) is 2.55. The van der Waals surface area contributed by atoms with E-state index in [9.17, 15) is 0 Å². The van der Waals surface area contributed by atoms with Crippen LogP contribution >= 0.6 is 0 Å². The van der Waals surface area contributed by atoms with Crippen LogP contribution in [0.15, 0.2) is 0 Å². The molecule has 0 aromatic rings. The standard InChI is InChI=1S/C13H27NO2/c1-10-8-6-5-7-9-12(10)14-11(2)13(15-3)16-4/h10-14H,5-9H2,1-4H3. The van der Waals surface area contributed by atoms with Gasteiger partial charge < -0.3 is 14.8 Å². The lowest BCUT2D eigenvalue weighted by Crippen LogP contribution is -2.47. The highest BCUT2D eigenvalue weighted by Gasteiger charge is 2.24. The van der Waals surface area contributed by atoms with Gasteiger partial charge in [0.1, 0.15) is 0 Å². The van der Waals surface area contributed by atoms with Crippen LogP contribution in [0.25, 0.3) is 0 Å². The molecule has 0 saturated heterocycles. The highest BCUT2D eigenvalue weighted by atomic mass is 16.7. The summed E-state index contributed by atoms with van der Waals surface area (Å²) in [4.78, 5) is 0. The molecule has 3 atom stereocenters. The fraction of sp³-hybridized carbons (Fsp3) is 1.00. The Balaban J connectivity index is 2.43. The van der Waals surface area contributed by atoms with Gasteiger partial charge in [-0.15, -0.1) is 0 Å². The lowest BCUT2D eigenvalue weighted by Gasteiger charge is -2.30. The van der Waals surface area contributed by atoms with E-state index in [1.165, 1.54) is 32.1 Å². The third-order valence-corrected chi connectivity index (χ3v) is 3.71. The number of methoxy groups -OCH3 is 2. The molecule has 3 unspecified atom stereocenters. The molecule has 0 heterocycles. The van der Waals surface area contributed by atoms with Crippen LogP contribution in [0.1, 0.15) is 46.0 Å². The minimum atomic E-state index is -0.143. The molecule has 1 fully saturated rings. The predicted molar refractivity (Wildman–Crippen MR) is 66.4 cm³/mol. The van der Waals surface area contributed by atoms with Crippen molar-refractivity contribution in [2.75, 3.05) is 14.2 Å². The Morgan fingerprint density at radius 2 is 1.69 bits per heavy atom. The molecule has 96 valence electrons. The summed E-state index contributed by atoms with van der Waals surface area (Å²) in [5, 5.41) is 3.66. The third-order valence-electron chi connectivity index (χ3n) is 3.71. The molecule has 1 N–H and O–H groups in total. The Kier molecular flexibility index (Phi) is 6.32. The quantitative estimate of drug-likeness (QED) is 0.580. The van der Waals surface area contributed by atoms with Gasteiger partial charge in [0.05, 0.1) is 6.04 Å². The first kappa shape index (κ1) is 13.9. The lowest BCUT2D eigenvalue weighted by molar-refractivity contribution is -0.121. The van der Waals surface area contributed by atoms with Gasteiger partial charge in [0.15, 0.2) is 6.29 Å². The maximum Gasteiger partial charge on any atom is 0.171 e. The fourth-order valence-corrected chi connectivity index (χ4v) is 2.66. The molecular weight excluding hydrogens is 202 g/mol. The molecule has 1 aliphatic carbocycles. The van der Waals surface area contributed by atoms with Crippen LogP contribution in [0, 0.1) is 5.92 Å². The summed E-state index contributed by atoms with van der Waals surface area (Å²) in [6.07, 6.45) is 6.59. The topological polar surface area (TPSA) is 30.5 Å². The average Bonchev–Trinajstić information content (AvgIpc) is 2.46. The van der Waals surface area contributed by atoms with Crippen molar-refractivity contribution in [3.63, 3.8) is 0 Å². The van der Waals surface area contributed by atoms with Gasteiger partial charge in [-0.2, -0.15) is 0 Å². The summed E-state index contributed by atoms with van der Waals surface area (Å²) in [5.41, 5.74) is 0. The number of rotatable bonds is 5. The molecule has 0 aliphatic heterocycles. The summed E-state index contributed by atoms with van der Waals surface area (Å²) < 4.78 is 10.6. The summed E-state index contributed by atoms with van der Waals surface area (Å²) in [5.74, 6) is 0.763. The van der Waals surface area contributed by atoms with Crippen molar-refractivity contribution in [1.29, 1.82) is 0 Å². The van der Waals surface area contributed by atoms with E-state index in [2.05, 4.69) is 19.2 Å². The average molecular weight is 229 g/mol. The molecule has 1 aliphatic rings. The Morgan fingerprint density at radius 3 is 2.31 bits per heavy atom. The van der Waals surface area contributed by atoms with E-state index in [1.54, 1.807) is 14.2 Å². The van der Waals surface area contributed by atoms with Gasteiger partial charge in [-0.05, 0) is 25.7 Å². The monoisotopic (exact) mass is 229 g/mol. The smallest absolute Gasteiger partial charge is 0.171 e. The minimum Gasteiger partial charge on any atom is -0.354 e. The van der Waals surface area contributed by atoms with Crippen molar-refractivity contribution in [2.24, 2.45) is 5.92 Å². The fourth-order valence-electron chi connectivity index (χ4n) is 2.66. The Morgan fingerprint density at radius 1 is 1.06 bits per heavy atom. The summed E-state index contributed by atoms with van der Waals surface area (Å²) in [6, 6.07) is 0.867. The van der Waals surface area contributed by atoms with Crippen LogP contribution in [0.4, 0.5) is 0 Å². The molecule has 0 radical (unpaired) electrons. The number of ether oxygens (including phenoxy) is 2. The van der Waals surface area contributed by atoms with Crippen LogP contribution in [0.2, 0.25) is 0 Å². The second kappa shape index (κ2) is 7.25. The summed E-state index contributed by atoms with van der Waals surface area (Å²) in [6.45, 7) is 4.49. The molecule has 16 heavy (non-hydrogen) atoms. The van der Waals surface area contributed by atoms with Crippen molar-refractivity contribution >= 4 is 0 Å². The zero-order valence-corrected chi connectivity index (χ0v) is 11.2. The van der Waals surface area contributed by atoms with E-state index in [4.69, 9.17) is 9.47 Å². The number of hydrogen-bond acceptors (Lipinski definition) is 3. The third kappa shape index (κ3) is 4.04. The Hall–Kier alpha value is -0.120. The molecule has 0 bridgehead atoms. The summed E-state index contributed by atoms with van der Waals surface area (Å²) >= 11 is 0. The van der Waals surface area contributed by atoms with Crippen LogP contribution in [0.3, 0.4) is 0 Å². The molecule has 3 heteroatoms. The molecule has 0 aromatic heterocycles. The minimum absolute atomic E-state index is 0.143. The largest absolute Gasteiger partial charge is 0.354 e. The van der Waals surface area contributed by atoms with E-state index in [0.717, 1.165) is 5.92 Å².